The van der Waals surface area contributed by atoms with Gasteiger partial charge in [-0.2, -0.15) is 0 Å². The molecule has 0 amide bonds. The Kier molecular flexibility index (Phi) is 4.92. The van der Waals surface area contributed by atoms with E-state index in [1.807, 2.05) is 12.1 Å². The van der Waals surface area contributed by atoms with Crippen molar-refractivity contribution in [2.45, 2.75) is 26.6 Å². The number of carboxylic acid groups (broad SMARTS) is 1. The molecule has 0 spiro atoms. The van der Waals surface area contributed by atoms with Crippen LogP contribution in [0.4, 0.5) is 0 Å². The van der Waals surface area contributed by atoms with Gasteiger partial charge in [0.25, 0.3) is 0 Å². The molecule has 24 heavy (non-hydrogen) atoms. The van der Waals surface area contributed by atoms with Crippen LogP contribution in [0.3, 0.4) is 0 Å². The lowest BCUT2D eigenvalue weighted by molar-refractivity contribution is 0.0696. The van der Waals surface area contributed by atoms with Gasteiger partial charge in [-0.3, -0.25) is 4.98 Å². The van der Waals surface area contributed by atoms with Gasteiger partial charge >= 0.3 is 5.97 Å². The van der Waals surface area contributed by atoms with E-state index in [1.165, 1.54) is 0 Å². The van der Waals surface area contributed by atoms with Crippen LogP contribution in [0.2, 0.25) is 19.6 Å². The van der Waals surface area contributed by atoms with E-state index in [0.29, 0.717) is 16.7 Å². The van der Waals surface area contributed by atoms with Crippen molar-refractivity contribution in [2.75, 3.05) is 0 Å². The van der Waals surface area contributed by atoms with Crippen LogP contribution in [0.15, 0.2) is 30.6 Å². The van der Waals surface area contributed by atoms with E-state index in [0.717, 1.165) is 11.1 Å². The van der Waals surface area contributed by atoms with Crippen LogP contribution in [0.5, 0.6) is 0 Å². The van der Waals surface area contributed by atoms with Gasteiger partial charge < -0.3 is 5.11 Å². The highest BCUT2D eigenvalue weighted by atomic mass is 28.3. The molecule has 1 heterocycles. The third kappa shape index (κ3) is 3.93. The van der Waals surface area contributed by atoms with Crippen molar-refractivity contribution in [3.63, 3.8) is 0 Å². The predicted molar refractivity (Wildman–Crippen MR) is 99.5 cm³/mol. The maximum absolute atomic E-state index is 11.5. The number of carboxylic acids is 1. The molecule has 3 nitrogen and oxygen atoms in total. The topological polar surface area (TPSA) is 50.2 Å². The number of aryl methyl sites for hydroxylation is 1. The van der Waals surface area contributed by atoms with Gasteiger partial charge in [-0.25, -0.2) is 4.79 Å². The molecular weight excluding hydrogens is 314 g/mol. The number of carbonyl (C=O) groups is 1. The first-order valence-corrected chi connectivity index (χ1v) is 11.0. The fourth-order valence-corrected chi connectivity index (χ4v) is 2.77. The Hall–Kier alpha value is -2.82. The average Bonchev–Trinajstić information content (AvgIpc) is 2.52. The monoisotopic (exact) mass is 333 g/mol. The molecule has 0 bridgehead atoms. The Balaban J connectivity index is 2.79. The van der Waals surface area contributed by atoms with Crippen LogP contribution in [-0.2, 0) is 0 Å². The zero-order chi connectivity index (χ0) is 17.9. The first kappa shape index (κ1) is 17.5. The molecule has 0 atom stereocenters. The number of pyridine rings is 1. The second kappa shape index (κ2) is 6.74. The fraction of sp³-hybridized carbons (Fsp3) is 0.200. The molecule has 0 aliphatic rings. The molecule has 4 heteroatoms. The third-order valence-corrected chi connectivity index (χ3v) is 4.31. The van der Waals surface area contributed by atoms with Crippen LogP contribution >= 0.6 is 0 Å². The molecule has 0 fully saturated rings. The standard InChI is InChI=1S/C20H19NO2Si/c1-6-15-13-21-9-7-17(15)19-11-14(2)18(20(22)23)12-16(19)8-10-24(3,4)5/h1,7,9,11-13H,2-5H3,(H,22,23). The van der Waals surface area contributed by atoms with Gasteiger partial charge in [-0.05, 0) is 36.2 Å². The van der Waals surface area contributed by atoms with Crippen LogP contribution in [0, 0.1) is 30.7 Å². The lowest BCUT2D eigenvalue weighted by Crippen LogP contribution is -2.16. The number of aromatic nitrogens is 1. The smallest absolute Gasteiger partial charge is 0.335 e. The summed E-state index contributed by atoms with van der Waals surface area (Å²) in [6.45, 7) is 8.21. The molecule has 2 rings (SSSR count). The fourth-order valence-electron chi connectivity index (χ4n) is 2.26. The Morgan fingerprint density at radius 3 is 2.50 bits per heavy atom. The second-order valence-electron chi connectivity index (χ2n) is 6.58. The van der Waals surface area contributed by atoms with E-state index in [2.05, 4.69) is 42.0 Å². The van der Waals surface area contributed by atoms with E-state index in [9.17, 15) is 9.90 Å². The molecule has 1 N–H and O–H groups in total. The molecule has 0 aliphatic heterocycles. The van der Waals surface area contributed by atoms with Crippen molar-refractivity contribution in [3.8, 4) is 34.9 Å². The minimum Gasteiger partial charge on any atom is -0.478 e. The largest absolute Gasteiger partial charge is 0.478 e. The van der Waals surface area contributed by atoms with Gasteiger partial charge in [0.2, 0.25) is 0 Å². The highest BCUT2D eigenvalue weighted by Gasteiger charge is 2.15. The van der Waals surface area contributed by atoms with Crippen LogP contribution < -0.4 is 0 Å². The first-order chi connectivity index (χ1) is 11.2. The highest BCUT2D eigenvalue weighted by Crippen LogP contribution is 2.29. The van der Waals surface area contributed by atoms with Gasteiger partial charge in [0, 0.05) is 23.5 Å². The summed E-state index contributed by atoms with van der Waals surface area (Å²) < 4.78 is 0. The van der Waals surface area contributed by atoms with E-state index in [-0.39, 0.29) is 5.56 Å². The molecule has 0 saturated carbocycles. The number of hydrogen-bond acceptors (Lipinski definition) is 2. The van der Waals surface area contributed by atoms with E-state index in [4.69, 9.17) is 6.42 Å². The molecule has 0 aliphatic carbocycles. The summed E-state index contributed by atoms with van der Waals surface area (Å²) in [7, 11) is -1.61. The summed E-state index contributed by atoms with van der Waals surface area (Å²) in [5.41, 5.74) is 7.27. The summed E-state index contributed by atoms with van der Waals surface area (Å²) in [5.74, 6) is 4.86. The zero-order valence-electron chi connectivity index (χ0n) is 14.3. The summed E-state index contributed by atoms with van der Waals surface area (Å²) in [6.07, 6.45) is 8.89. The molecule has 120 valence electrons. The molecule has 0 radical (unpaired) electrons. The van der Waals surface area contributed by atoms with Crippen LogP contribution in [0.1, 0.15) is 27.0 Å². The van der Waals surface area contributed by atoms with Gasteiger partial charge in [-0.1, -0.05) is 31.5 Å². The lowest BCUT2D eigenvalue weighted by Gasteiger charge is -2.12. The average molecular weight is 333 g/mol. The van der Waals surface area contributed by atoms with Gasteiger partial charge in [0.1, 0.15) is 8.07 Å². The van der Waals surface area contributed by atoms with E-state index >= 15 is 0 Å². The highest BCUT2D eigenvalue weighted by molar-refractivity contribution is 6.83. The van der Waals surface area contributed by atoms with Crippen molar-refractivity contribution in [1.29, 1.82) is 0 Å². The normalized spacial score (nSPS) is 10.5. The van der Waals surface area contributed by atoms with Crippen molar-refractivity contribution in [2.24, 2.45) is 0 Å². The quantitative estimate of drug-likeness (QED) is 0.668. The van der Waals surface area contributed by atoms with Gasteiger partial charge in [-0.15, -0.1) is 12.0 Å². The SMILES string of the molecule is C#Cc1cnccc1-c1cc(C)c(C(=O)O)cc1C#C[Si](C)(C)C. The lowest BCUT2D eigenvalue weighted by atomic mass is 9.93. The second-order valence-corrected chi connectivity index (χ2v) is 11.3. The van der Waals surface area contributed by atoms with Crippen molar-refractivity contribution in [1.82, 2.24) is 4.98 Å². The Bertz CT molecular complexity index is 906. The van der Waals surface area contributed by atoms with E-state index in [1.54, 1.807) is 25.4 Å². The van der Waals surface area contributed by atoms with Gasteiger partial charge in [0.15, 0.2) is 0 Å². The van der Waals surface area contributed by atoms with Crippen molar-refractivity contribution < 1.29 is 9.90 Å². The number of benzene rings is 1. The summed E-state index contributed by atoms with van der Waals surface area (Å²) in [4.78, 5) is 15.5. The predicted octanol–water partition coefficient (Wildman–Crippen LogP) is 3.97. The molecule has 0 unspecified atom stereocenters. The molecule has 0 saturated heterocycles. The maximum atomic E-state index is 11.5. The summed E-state index contributed by atoms with van der Waals surface area (Å²) >= 11 is 0. The number of rotatable bonds is 2. The minimum absolute atomic E-state index is 0.259. The van der Waals surface area contributed by atoms with E-state index < -0.39 is 14.0 Å². The molecule has 1 aromatic heterocycles. The number of nitrogens with zero attached hydrogens (tertiary/aromatic N) is 1. The van der Waals surface area contributed by atoms with Crippen molar-refractivity contribution >= 4 is 14.0 Å². The maximum Gasteiger partial charge on any atom is 0.335 e. The first-order valence-electron chi connectivity index (χ1n) is 7.55. The Labute approximate surface area is 143 Å². The summed E-state index contributed by atoms with van der Waals surface area (Å²) in [5, 5.41) is 9.40. The molecular formula is C20H19NO2Si. The van der Waals surface area contributed by atoms with Crippen LogP contribution in [0.25, 0.3) is 11.1 Å². The number of terminal acetylenes is 1. The minimum atomic E-state index is -1.61. The number of aromatic carboxylic acids is 1. The van der Waals surface area contributed by atoms with Crippen molar-refractivity contribution in [3.05, 3.63) is 52.8 Å². The summed E-state index contributed by atoms with van der Waals surface area (Å²) in [6, 6.07) is 5.32. The Morgan fingerprint density at radius 2 is 1.92 bits per heavy atom. The zero-order valence-corrected chi connectivity index (χ0v) is 15.3. The Morgan fingerprint density at radius 1 is 1.21 bits per heavy atom. The number of hydrogen-bond donors (Lipinski definition) is 1. The van der Waals surface area contributed by atoms with Gasteiger partial charge in [0.05, 0.1) is 11.1 Å². The molecule has 1 aromatic carbocycles. The molecule has 2 aromatic rings. The van der Waals surface area contributed by atoms with Crippen LogP contribution in [-0.4, -0.2) is 24.1 Å². The third-order valence-electron chi connectivity index (χ3n) is 3.43.